The second-order valence-corrected chi connectivity index (χ2v) is 5.78. The Morgan fingerprint density at radius 1 is 1.08 bits per heavy atom. The van der Waals surface area contributed by atoms with Crippen LogP contribution < -0.4 is 19.5 Å². The zero-order chi connectivity index (χ0) is 18.2. The van der Waals surface area contributed by atoms with Crippen LogP contribution in [0.15, 0.2) is 42.5 Å². The third-order valence-electron chi connectivity index (χ3n) is 3.66. The van der Waals surface area contributed by atoms with E-state index in [4.69, 9.17) is 26.4 Å². The number of rotatable bonds is 7. The summed E-state index contributed by atoms with van der Waals surface area (Å²) in [5, 5.41) is 3.85. The van der Waals surface area contributed by atoms with E-state index in [1.54, 1.807) is 14.2 Å². The van der Waals surface area contributed by atoms with Gasteiger partial charge in [-0.15, -0.1) is 0 Å². The highest BCUT2D eigenvalue weighted by molar-refractivity contribution is 7.80. The van der Waals surface area contributed by atoms with E-state index in [9.17, 15) is 0 Å². The van der Waals surface area contributed by atoms with Crippen molar-refractivity contribution in [2.24, 2.45) is 0 Å². The first-order valence-corrected chi connectivity index (χ1v) is 8.44. The van der Waals surface area contributed by atoms with Crippen molar-refractivity contribution in [3.05, 3.63) is 48.0 Å². The minimum absolute atomic E-state index is 0.600. The monoisotopic (exact) mass is 360 g/mol. The number of benzene rings is 2. The van der Waals surface area contributed by atoms with E-state index in [2.05, 4.69) is 5.32 Å². The lowest BCUT2D eigenvalue weighted by Gasteiger charge is -2.23. The molecule has 25 heavy (non-hydrogen) atoms. The molecule has 0 saturated carbocycles. The molecule has 0 aliphatic carbocycles. The Hall–Kier alpha value is -2.47. The van der Waals surface area contributed by atoms with E-state index in [0.29, 0.717) is 24.0 Å². The molecule has 0 fully saturated rings. The van der Waals surface area contributed by atoms with Crippen LogP contribution in [0.1, 0.15) is 12.5 Å². The largest absolute Gasteiger partial charge is 0.494 e. The predicted octanol–water partition coefficient (Wildman–Crippen LogP) is 3.93. The molecule has 2 rings (SSSR count). The summed E-state index contributed by atoms with van der Waals surface area (Å²) in [6.45, 7) is 3.21. The molecule has 0 bridgehead atoms. The number of methoxy groups -OCH3 is 2. The van der Waals surface area contributed by atoms with Crippen molar-refractivity contribution in [2.75, 3.05) is 33.2 Å². The summed E-state index contributed by atoms with van der Waals surface area (Å²) in [6.07, 6.45) is 0. The standard InChI is InChI=1S/C19H24N2O3S/c1-5-24-16-11-9-15(10-12-16)20-19(25)21(2)13-14-7-6-8-17(22-3)18(14)23-4/h6-12H,5,13H2,1-4H3,(H,20,25). The number of nitrogens with one attached hydrogen (secondary N) is 1. The first-order valence-electron chi connectivity index (χ1n) is 8.03. The van der Waals surface area contributed by atoms with Gasteiger partial charge >= 0.3 is 0 Å². The lowest BCUT2D eigenvalue weighted by atomic mass is 10.1. The summed E-state index contributed by atoms with van der Waals surface area (Å²) in [6, 6.07) is 13.5. The Balaban J connectivity index is 2.03. The maximum Gasteiger partial charge on any atom is 0.173 e. The average molecular weight is 360 g/mol. The Labute approximate surface area is 154 Å². The van der Waals surface area contributed by atoms with E-state index in [1.807, 2.05) is 61.3 Å². The van der Waals surface area contributed by atoms with Gasteiger partial charge in [-0.2, -0.15) is 0 Å². The highest BCUT2D eigenvalue weighted by atomic mass is 32.1. The van der Waals surface area contributed by atoms with Gasteiger partial charge in [0.15, 0.2) is 16.6 Å². The molecule has 0 aliphatic heterocycles. The molecule has 0 aliphatic rings. The molecule has 2 aromatic rings. The molecule has 6 heteroatoms. The van der Waals surface area contributed by atoms with Crippen molar-refractivity contribution in [3.8, 4) is 17.2 Å². The Morgan fingerprint density at radius 3 is 2.40 bits per heavy atom. The zero-order valence-corrected chi connectivity index (χ0v) is 15.9. The third-order valence-corrected chi connectivity index (χ3v) is 4.07. The van der Waals surface area contributed by atoms with Gasteiger partial charge in [0.2, 0.25) is 0 Å². The summed E-state index contributed by atoms with van der Waals surface area (Å²) in [5.74, 6) is 2.27. The van der Waals surface area contributed by atoms with E-state index < -0.39 is 0 Å². The van der Waals surface area contributed by atoms with Gasteiger partial charge in [-0.05, 0) is 49.5 Å². The van der Waals surface area contributed by atoms with E-state index in [0.717, 1.165) is 22.7 Å². The van der Waals surface area contributed by atoms with Crippen LogP contribution in [-0.2, 0) is 6.54 Å². The van der Waals surface area contributed by atoms with E-state index in [-0.39, 0.29) is 0 Å². The fourth-order valence-corrected chi connectivity index (χ4v) is 2.61. The van der Waals surface area contributed by atoms with Crippen molar-refractivity contribution in [3.63, 3.8) is 0 Å². The summed E-state index contributed by atoms with van der Waals surface area (Å²) < 4.78 is 16.3. The summed E-state index contributed by atoms with van der Waals surface area (Å²) in [4.78, 5) is 1.95. The fraction of sp³-hybridized carbons (Fsp3) is 0.316. The molecule has 0 spiro atoms. The highest BCUT2D eigenvalue weighted by Crippen LogP contribution is 2.31. The van der Waals surface area contributed by atoms with Gasteiger partial charge in [0.25, 0.3) is 0 Å². The molecule has 0 amide bonds. The Morgan fingerprint density at radius 2 is 1.80 bits per heavy atom. The van der Waals surface area contributed by atoms with E-state index >= 15 is 0 Å². The third kappa shape index (κ3) is 5.00. The number of ether oxygens (including phenoxy) is 3. The van der Waals surface area contributed by atoms with Crippen LogP contribution >= 0.6 is 12.2 Å². The maximum absolute atomic E-state index is 5.49. The molecule has 0 aromatic heterocycles. The molecule has 0 unspecified atom stereocenters. The number of nitrogens with zero attached hydrogens (tertiary/aromatic N) is 1. The number of anilines is 1. The highest BCUT2D eigenvalue weighted by Gasteiger charge is 2.13. The van der Waals surface area contributed by atoms with Gasteiger partial charge in [-0.1, -0.05) is 12.1 Å². The second kappa shape index (κ2) is 9.13. The Bertz CT molecular complexity index is 704. The smallest absolute Gasteiger partial charge is 0.173 e. The predicted molar refractivity (Wildman–Crippen MR) is 105 cm³/mol. The molecular formula is C19H24N2O3S. The normalized spacial score (nSPS) is 10.1. The summed E-state index contributed by atoms with van der Waals surface area (Å²) in [5.41, 5.74) is 1.91. The van der Waals surface area contributed by atoms with Gasteiger partial charge in [-0.3, -0.25) is 0 Å². The van der Waals surface area contributed by atoms with Gasteiger partial charge in [0.1, 0.15) is 5.75 Å². The topological polar surface area (TPSA) is 43.0 Å². The number of hydrogen-bond acceptors (Lipinski definition) is 4. The molecule has 0 atom stereocenters. The van der Waals surface area contributed by atoms with Crippen LogP contribution in [0, 0.1) is 0 Å². The quantitative estimate of drug-likeness (QED) is 0.755. The van der Waals surface area contributed by atoms with Crippen molar-refractivity contribution < 1.29 is 14.2 Å². The van der Waals surface area contributed by atoms with Crippen LogP contribution in [0.5, 0.6) is 17.2 Å². The Kier molecular flexibility index (Phi) is 6.89. The summed E-state index contributed by atoms with van der Waals surface area (Å²) >= 11 is 5.49. The first kappa shape index (κ1) is 18.9. The number of thiocarbonyl (C=S) groups is 1. The van der Waals surface area contributed by atoms with Gasteiger partial charge in [0.05, 0.1) is 20.8 Å². The molecule has 5 nitrogen and oxygen atoms in total. The lowest BCUT2D eigenvalue weighted by Crippen LogP contribution is -2.30. The molecule has 1 N–H and O–H groups in total. The van der Waals surface area contributed by atoms with Crippen molar-refractivity contribution >= 4 is 23.0 Å². The fourth-order valence-electron chi connectivity index (χ4n) is 2.43. The van der Waals surface area contributed by atoms with Crippen LogP contribution in [0.2, 0.25) is 0 Å². The van der Waals surface area contributed by atoms with Crippen LogP contribution in [0.3, 0.4) is 0 Å². The zero-order valence-electron chi connectivity index (χ0n) is 15.0. The van der Waals surface area contributed by atoms with Gasteiger partial charge in [0, 0.05) is 24.8 Å². The van der Waals surface area contributed by atoms with Crippen molar-refractivity contribution in [1.82, 2.24) is 4.90 Å². The van der Waals surface area contributed by atoms with Crippen LogP contribution in [-0.4, -0.2) is 37.9 Å². The second-order valence-electron chi connectivity index (χ2n) is 5.40. The molecule has 0 heterocycles. The molecular weight excluding hydrogens is 336 g/mol. The number of hydrogen-bond donors (Lipinski definition) is 1. The van der Waals surface area contributed by atoms with Crippen molar-refractivity contribution in [2.45, 2.75) is 13.5 Å². The van der Waals surface area contributed by atoms with Crippen LogP contribution in [0.4, 0.5) is 5.69 Å². The molecule has 2 aromatic carbocycles. The molecule has 0 saturated heterocycles. The maximum atomic E-state index is 5.49. The number of para-hydroxylation sites is 1. The van der Waals surface area contributed by atoms with Gasteiger partial charge in [-0.25, -0.2) is 0 Å². The average Bonchev–Trinajstić information content (AvgIpc) is 2.63. The van der Waals surface area contributed by atoms with Crippen molar-refractivity contribution in [1.29, 1.82) is 0 Å². The minimum atomic E-state index is 0.600. The lowest BCUT2D eigenvalue weighted by molar-refractivity contribution is 0.340. The first-order chi connectivity index (χ1) is 12.1. The van der Waals surface area contributed by atoms with Gasteiger partial charge < -0.3 is 24.4 Å². The minimum Gasteiger partial charge on any atom is -0.494 e. The summed E-state index contributed by atoms with van der Waals surface area (Å²) in [7, 11) is 5.20. The van der Waals surface area contributed by atoms with Crippen LogP contribution in [0.25, 0.3) is 0 Å². The van der Waals surface area contributed by atoms with E-state index in [1.165, 1.54) is 0 Å². The SMILES string of the molecule is CCOc1ccc(NC(=S)N(C)Cc2cccc(OC)c2OC)cc1. The molecule has 0 radical (unpaired) electrons. The molecule has 134 valence electrons.